The lowest BCUT2D eigenvalue weighted by atomic mass is 10.3. The number of ether oxygens (including phenoxy) is 2. The molecule has 0 amide bonds. The highest BCUT2D eigenvalue weighted by Crippen LogP contribution is 2.24. The maximum atomic E-state index is 13.0. The van der Waals surface area contributed by atoms with Gasteiger partial charge in [-0.1, -0.05) is 0 Å². The Morgan fingerprint density at radius 2 is 1.11 bits per heavy atom. The molecule has 0 unspecified atom stereocenters. The van der Waals surface area contributed by atoms with Crippen molar-refractivity contribution < 1.29 is 28.9 Å². The van der Waals surface area contributed by atoms with Crippen LogP contribution in [-0.2, 0) is 9.84 Å². The molecule has 0 bridgehead atoms. The molecular formula is C14H14O4S. The predicted octanol–water partition coefficient (Wildman–Crippen LogP) is 2.54. The van der Waals surface area contributed by atoms with E-state index in [1.165, 1.54) is 0 Å². The SMILES string of the molecule is [2H]c1c([2H])c(S(=O)(=O)c2c([2H])c([2H])c(OC)c([2H])c2[2H])c([2H])c([2H])c1OC. The highest BCUT2D eigenvalue weighted by atomic mass is 32.2. The maximum Gasteiger partial charge on any atom is 0.206 e. The van der Waals surface area contributed by atoms with Crippen LogP contribution in [-0.4, -0.2) is 22.6 Å². The van der Waals surface area contributed by atoms with Gasteiger partial charge in [-0.3, -0.25) is 0 Å². The highest BCUT2D eigenvalue weighted by Gasteiger charge is 2.17. The lowest BCUT2D eigenvalue weighted by molar-refractivity contribution is 0.414. The topological polar surface area (TPSA) is 52.6 Å². The van der Waals surface area contributed by atoms with E-state index in [-0.39, 0.29) is 0 Å². The van der Waals surface area contributed by atoms with Crippen LogP contribution in [0.3, 0.4) is 0 Å². The van der Waals surface area contributed by atoms with E-state index in [1.807, 2.05) is 0 Å². The number of methoxy groups -OCH3 is 2. The Morgan fingerprint density at radius 3 is 1.37 bits per heavy atom. The van der Waals surface area contributed by atoms with Crippen molar-refractivity contribution in [2.45, 2.75) is 9.79 Å². The summed E-state index contributed by atoms with van der Waals surface area (Å²) in [5.41, 5.74) is 0. The smallest absolute Gasteiger partial charge is 0.206 e. The molecule has 19 heavy (non-hydrogen) atoms. The molecule has 2 aromatic carbocycles. The Kier molecular flexibility index (Phi) is 1.80. The molecule has 0 radical (unpaired) electrons. The Balaban J connectivity index is 3.00. The van der Waals surface area contributed by atoms with Gasteiger partial charge in [0.15, 0.2) is 0 Å². The zero-order chi connectivity index (χ0) is 20.8. The number of sulfone groups is 1. The van der Waals surface area contributed by atoms with Gasteiger partial charge in [-0.05, 0) is 48.3 Å². The van der Waals surface area contributed by atoms with Crippen molar-refractivity contribution in [2.75, 3.05) is 14.2 Å². The van der Waals surface area contributed by atoms with Gasteiger partial charge in [-0.2, -0.15) is 0 Å². The number of hydrogen-bond acceptors (Lipinski definition) is 4. The molecule has 0 aliphatic rings. The summed E-state index contributed by atoms with van der Waals surface area (Å²) in [6.07, 6.45) is 0. The zero-order valence-corrected chi connectivity index (χ0v) is 10.9. The van der Waals surface area contributed by atoms with Crippen LogP contribution >= 0.6 is 0 Å². The first kappa shape index (κ1) is 6.43. The van der Waals surface area contributed by atoms with E-state index < -0.39 is 79.5 Å². The molecule has 0 saturated carbocycles. The van der Waals surface area contributed by atoms with Crippen LogP contribution in [0, 0.1) is 0 Å². The molecule has 4 nitrogen and oxygen atoms in total. The fraction of sp³-hybridized carbons (Fsp3) is 0.143. The van der Waals surface area contributed by atoms with E-state index in [0.29, 0.717) is 0 Å². The molecule has 0 fully saturated rings. The van der Waals surface area contributed by atoms with Crippen LogP contribution in [0.5, 0.6) is 11.5 Å². The minimum absolute atomic E-state index is 0.460. The van der Waals surface area contributed by atoms with Crippen molar-refractivity contribution >= 4 is 9.84 Å². The van der Waals surface area contributed by atoms with Crippen molar-refractivity contribution in [2.24, 2.45) is 0 Å². The Morgan fingerprint density at radius 1 is 0.789 bits per heavy atom. The minimum atomic E-state index is -4.94. The molecule has 0 aromatic heterocycles. The first-order valence-corrected chi connectivity index (χ1v) is 6.45. The Bertz CT molecular complexity index is 917. The number of hydrogen-bond donors (Lipinski definition) is 0. The van der Waals surface area contributed by atoms with E-state index in [9.17, 15) is 8.42 Å². The van der Waals surface area contributed by atoms with Crippen molar-refractivity contribution in [1.29, 1.82) is 0 Å². The van der Waals surface area contributed by atoms with Gasteiger partial charge in [-0.15, -0.1) is 0 Å². The summed E-state index contributed by atoms with van der Waals surface area (Å²) in [6, 6.07) is -6.77. The van der Waals surface area contributed by atoms with Crippen LogP contribution in [0.15, 0.2) is 58.1 Å². The zero-order valence-electron chi connectivity index (χ0n) is 18.0. The monoisotopic (exact) mass is 286 g/mol. The summed E-state index contributed by atoms with van der Waals surface area (Å²) >= 11 is 0. The van der Waals surface area contributed by atoms with Gasteiger partial charge >= 0.3 is 0 Å². The van der Waals surface area contributed by atoms with Crippen molar-refractivity contribution in [3.05, 3.63) is 48.3 Å². The molecule has 100 valence electrons. The first-order chi connectivity index (χ1) is 12.4. The first-order valence-electron chi connectivity index (χ1n) is 8.97. The standard InChI is InChI=1S/C14H14O4S/c1-17-11-3-7-13(8-4-11)19(15,16)14-9-5-12(18-2)6-10-14/h3-10H,1-2H3/i3D,4D,5D,6D,7D,8D,9D,10D. The van der Waals surface area contributed by atoms with Crippen LogP contribution in [0.4, 0.5) is 0 Å². The third kappa shape index (κ3) is 2.71. The van der Waals surface area contributed by atoms with Crippen LogP contribution in [0.25, 0.3) is 0 Å². The van der Waals surface area contributed by atoms with E-state index in [1.54, 1.807) is 0 Å². The summed E-state index contributed by atoms with van der Waals surface area (Å²) in [4.78, 5) is -2.13. The second-order valence-electron chi connectivity index (χ2n) is 3.23. The van der Waals surface area contributed by atoms with Crippen molar-refractivity contribution in [3.8, 4) is 11.5 Å². The summed E-state index contributed by atoms with van der Waals surface area (Å²) < 4.78 is 98.5. The minimum Gasteiger partial charge on any atom is -0.497 e. The van der Waals surface area contributed by atoms with E-state index in [0.717, 1.165) is 14.2 Å². The van der Waals surface area contributed by atoms with E-state index >= 15 is 0 Å². The molecule has 0 aliphatic carbocycles. The summed E-state index contributed by atoms with van der Waals surface area (Å²) in [5, 5.41) is 0. The van der Waals surface area contributed by atoms with Crippen LogP contribution in [0.2, 0.25) is 0 Å². The molecule has 2 rings (SSSR count). The molecule has 5 heteroatoms. The van der Waals surface area contributed by atoms with Crippen LogP contribution < -0.4 is 9.47 Å². The fourth-order valence-electron chi connectivity index (χ4n) is 1.15. The largest absolute Gasteiger partial charge is 0.497 e. The van der Waals surface area contributed by atoms with Gasteiger partial charge < -0.3 is 9.47 Å². The maximum absolute atomic E-state index is 13.0. The fourth-order valence-corrected chi connectivity index (χ4v) is 2.10. The van der Waals surface area contributed by atoms with Gasteiger partial charge in [0.1, 0.15) is 11.5 Å². The lowest BCUT2D eigenvalue weighted by Gasteiger charge is -2.06. The van der Waals surface area contributed by atoms with Gasteiger partial charge in [0.05, 0.1) is 35.0 Å². The van der Waals surface area contributed by atoms with Crippen LogP contribution in [0.1, 0.15) is 11.0 Å². The summed E-state index contributed by atoms with van der Waals surface area (Å²) in [7, 11) is -2.74. The molecule has 0 N–H and O–H groups in total. The number of benzene rings is 2. The third-order valence-corrected chi connectivity index (χ3v) is 3.59. The summed E-state index contributed by atoms with van der Waals surface area (Å²) in [5.74, 6) is -0.920. The lowest BCUT2D eigenvalue weighted by Crippen LogP contribution is -2.01. The Hall–Kier alpha value is -2.01. The second kappa shape index (κ2) is 5.32. The van der Waals surface area contributed by atoms with E-state index in [4.69, 9.17) is 20.4 Å². The molecule has 0 spiro atoms. The molecule has 0 saturated heterocycles. The Labute approximate surface area is 123 Å². The average Bonchev–Trinajstić information content (AvgIpc) is 2.59. The number of rotatable bonds is 4. The van der Waals surface area contributed by atoms with Gasteiger partial charge in [0.2, 0.25) is 9.84 Å². The molecular weight excluding hydrogens is 264 g/mol. The average molecular weight is 286 g/mol. The highest BCUT2D eigenvalue weighted by molar-refractivity contribution is 7.91. The van der Waals surface area contributed by atoms with Crippen molar-refractivity contribution in [1.82, 2.24) is 0 Å². The predicted molar refractivity (Wildman–Crippen MR) is 71.4 cm³/mol. The quantitative estimate of drug-likeness (QED) is 0.866. The second-order valence-corrected chi connectivity index (χ2v) is 5.05. The third-order valence-electron chi connectivity index (χ3n) is 2.10. The molecule has 2 aromatic rings. The van der Waals surface area contributed by atoms with E-state index in [2.05, 4.69) is 0 Å². The summed E-state index contributed by atoms with van der Waals surface area (Å²) in [6.45, 7) is 0. The molecule has 0 aliphatic heterocycles. The molecule has 0 atom stereocenters. The van der Waals surface area contributed by atoms with Crippen molar-refractivity contribution in [3.63, 3.8) is 0 Å². The van der Waals surface area contributed by atoms with Gasteiger partial charge in [0.25, 0.3) is 0 Å². The molecule has 0 heterocycles. The normalized spacial score (nSPS) is 16.9. The van der Waals surface area contributed by atoms with Gasteiger partial charge in [-0.25, -0.2) is 8.42 Å². The van der Waals surface area contributed by atoms with Gasteiger partial charge in [0, 0.05) is 0 Å².